The average molecular weight is 266 g/mol. The summed E-state index contributed by atoms with van der Waals surface area (Å²) in [4.78, 5) is 18.1. The van der Waals surface area contributed by atoms with Crippen molar-refractivity contribution >= 4 is 23.3 Å². The van der Waals surface area contributed by atoms with E-state index in [1.54, 1.807) is 23.5 Å². The van der Waals surface area contributed by atoms with Crippen LogP contribution in [0.3, 0.4) is 0 Å². The molecule has 98 valence electrons. The van der Waals surface area contributed by atoms with Gasteiger partial charge >= 0.3 is 0 Å². The van der Waals surface area contributed by atoms with Crippen molar-refractivity contribution in [2.24, 2.45) is 5.92 Å². The Kier molecular flexibility index (Phi) is 4.49. The van der Waals surface area contributed by atoms with Crippen molar-refractivity contribution in [2.75, 3.05) is 19.7 Å². The van der Waals surface area contributed by atoms with Gasteiger partial charge in [0.25, 0.3) is 0 Å². The minimum absolute atomic E-state index is 0.0427. The van der Waals surface area contributed by atoms with Crippen LogP contribution < -0.4 is 0 Å². The van der Waals surface area contributed by atoms with E-state index in [1.165, 1.54) is 0 Å². The molecule has 1 aromatic heterocycles. The molecule has 1 N–H and O–H groups in total. The Morgan fingerprint density at radius 1 is 1.72 bits per heavy atom. The number of aliphatic hydroxyl groups excluding tert-OH is 1. The van der Waals surface area contributed by atoms with Crippen LogP contribution in [0.5, 0.6) is 0 Å². The zero-order chi connectivity index (χ0) is 13.0. The van der Waals surface area contributed by atoms with Crippen LogP contribution in [0.15, 0.2) is 11.5 Å². The van der Waals surface area contributed by atoms with Crippen LogP contribution >= 0.6 is 11.3 Å². The van der Waals surface area contributed by atoms with Gasteiger partial charge in [-0.1, -0.05) is 0 Å². The second kappa shape index (κ2) is 6.11. The normalized spacial score (nSPS) is 19.9. The van der Waals surface area contributed by atoms with Gasteiger partial charge in [0.2, 0.25) is 5.91 Å². The summed E-state index contributed by atoms with van der Waals surface area (Å²) >= 11 is 1.58. The summed E-state index contributed by atoms with van der Waals surface area (Å²) in [7, 11) is 0. The second-order valence-corrected chi connectivity index (χ2v) is 5.64. The topological polar surface area (TPSA) is 53.4 Å². The Balaban J connectivity index is 1.87. The average Bonchev–Trinajstić information content (AvgIpc) is 2.96. The molecule has 1 aliphatic rings. The number of aliphatic hydroxyl groups is 1. The van der Waals surface area contributed by atoms with Crippen LogP contribution in [0.4, 0.5) is 0 Å². The van der Waals surface area contributed by atoms with Crippen molar-refractivity contribution < 1.29 is 9.90 Å². The number of hydrogen-bond acceptors (Lipinski definition) is 4. The van der Waals surface area contributed by atoms with Gasteiger partial charge in [-0.25, -0.2) is 4.98 Å². The highest BCUT2D eigenvalue weighted by atomic mass is 32.1. The molecule has 1 fully saturated rings. The molecule has 1 unspecified atom stereocenters. The Hall–Kier alpha value is -1.20. The molecule has 4 nitrogen and oxygen atoms in total. The second-order valence-electron chi connectivity index (χ2n) is 4.58. The number of carbonyl (C=O) groups is 1. The molecule has 1 aliphatic heterocycles. The number of likely N-dealkylation sites (tertiary alicyclic amines) is 1. The molecule has 2 rings (SSSR count). The zero-order valence-corrected chi connectivity index (χ0v) is 11.3. The first-order valence-corrected chi connectivity index (χ1v) is 7.07. The smallest absolute Gasteiger partial charge is 0.246 e. The molecule has 1 aromatic rings. The summed E-state index contributed by atoms with van der Waals surface area (Å²) in [5, 5.41) is 11.8. The van der Waals surface area contributed by atoms with Gasteiger partial charge in [0.05, 0.1) is 10.7 Å². The third kappa shape index (κ3) is 3.40. The summed E-state index contributed by atoms with van der Waals surface area (Å²) in [5.74, 6) is 0.495. The summed E-state index contributed by atoms with van der Waals surface area (Å²) in [6.45, 7) is 3.72. The Morgan fingerprint density at radius 3 is 3.22 bits per heavy atom. The molecule has 0 saturated carbocycles. The molecule has 1 atom stereocenters. The largest absolute Gasteiger partial charge is 0.396 e. The van der Waals surface area contributed by atoms with Gasteiger partial charge in [-0.2, -0.15) is 0 Å². The number of hydrogen-bond donors (Lipinski definition) is 1. The summed E-state index contributed by atoms with van der Waals surface area (Å²) < 4.78 is 0. The molecule has 2 heterocycles. The van der Waals surface area contributed by atoms with Crippen molar-refractivity contribution in [3.63, 3.8) is 0 Å². The Labute approximate surface area is 111 Å². The fraction of sp³-hybridized carbons (Fsp3) is 0.538. The van der Waals surface area contributed by atoms with Crippen LogP contribution in [-0.4, -0.2) is 40.6 Å². The highest BCUT2D eigenvalue weighted by Gasteiger charge is 2.24. The number of rotatable bonds is 4. The van der Waals surface area contributed by atoms with Crippen LogP contribution in [0.1, 0.15) is 23.5 Å². The summed E-state index contributed by atoms with van der Waals surface area (Å²) in [6, 6.07) is 0. The SMILES string of the molecule is Cc1nc(/C=C/C(=O)N2CCC(CCO)C2)cs1. The number of aromatic nitrogens is 1. The van der Waals surface area contributed by atoms with Gasteiger partial charge in [0.15, 0.2) is 0 Å². The van der Waals surface area contributed by atoms with E-state index in [-0.39, 0.29) is 12.5 Å². The predicted octanol–water partition coefficient (Wildman–Crippen LogP) is 1.70. The molecule has 0 aliphatic carbocycles. The fourth-order valence-corrected chi connectivity index (χ4v) is 2.75. The number of aryl methyl sites for hydroxylation is 1. The standard InChI is InChI=1S/C13H18N2O2S/c1-10-14-12(9-18-10)2-3-13(17)15-6-4-11(8-15)5-7-16/h2-3,9,11,16H,4-8H2,1H3/b3-2+. The van der Waals surface area contributed by atoms with E-state index in [2.05, 4.69) is 4.98 Å². The fourth-order valence-electron chi connectivity index (χ4n) is 2.17. The number of carbonyl (C=O) groups excluding carboxylic acids is 1. The summed E-state index contributed by atoms with van der Waals surface area (Å²) in [5.41, 5.74) is 0.844. The molecule has 5 heteroatoms. The van der Waals surface area contributed by atoms with Crippen LogP contribution in [0, 0.1) is 12.8 Å². The molecule has 0 spiro atoms. The minimum atomic E-state index is 0.0427. The molecule has 1 amide bonds. The quantitative estimate of drug-likeness (QED) is 0.844. The number of nitrogens with zero attached hydrogens (tertiary/aromatic N) is 2. The van der Waals surface area contributed by atoms with Crippen molar-refractivity contribution in [2.45, 2.75) is 19.8 Å². The van der Waals surface area contributed by atoms with Gasteiger partial charge in [-0.05, 0) is 31.8 Å². The van der Waals surface area contributed by atoms with Crippen molar-refractivity contribution in [1.82, 2.24) is 9.88 Å². The third-order valence-electron chi connectivity index (χ3n) is 3.17. The molecule has 18 heavy (non-hydrogen) atoms. The molecule has 0 bridgehead atoms. The first-order chi connectivity index (χ1) is 8.69. The summed E-state index contributed by atoms with van der Waals surface area (Å²) in [6.07, 6.45) is 5.15. The van der Waals surface area contributed by atoms with Gasteiger partial charge < -0.3 is 10.0 Å². The maximum atomic E-state index is 11.9. The van der Waals surface area contributed by atoms with E-state index < -0.39 is 0 Å². The van der Waals surface area contributed by atoms with E-state index in [9.17, 15) is 4.79 Å². The third-order valence-corrected chi connectivity index (χ3v) is 3.96. The minimum Gasteiger partial charge on any atom is -0.396 e. The Bertz CT molecular complexity index is 442. The van der Waals surface area contributed by atoms with Gasteiger partial charge in [0.1, 0.15) is 0 Å². The monoisotopic (exact) mass is 266 g/mol. The first-order valence-electron chi connectivity index (χ1n) is 6.19. The van der Waals surface area contributed by atoms with Crippen molar-refractivity contribution in [1.29, 1.82) is 0 Å². The molecule has 1 saturated heterocycles. The van der Waals surface area contributed by atoms with E-state index in [0.717, 1.165) is 36.6 Å². The lowest BCUT2D eigenvalue weighted by atomic mass is 10.1. The van der Waals surface area contributed by atoms with E-state index in [4.69, 9.17) is 5.11 Å². The van der Waals surface area contributed by atoms with Crippen molar-refractivity contribution in [3.05, 3.63) is 22.2 Å². The van der Waals surface area contributed by atoms with Gasteiger partial charge in [0, 0.05) is 31.2 Å². The highest BCUT2D eigenvalue weighted by molar-refractivity contribution is 7.09. The molecule has 0 radical (unpaired) electrons. The maximum absolute atomic E-state index is 11.9. The lowest BCUT2D eigenvalue weighted by molar-refractivity contribution is -0.125. The molecular weight excluding hydrogens is 248 g/mol. The predicted molar refractivity (Wildman–Crippen MR) is 72.3 cm³/mol. The molecular formula is C13H18N2O2S. The van der Waals surface area contributed by atoms with Crippen LogP contribution in [0.2, 0.25) is 0 Å². The molecule has 0 aromatic carbocycles. The highest BCUT2D eigenvalue weighted by Crippen LogP contribution is 2.19. The van der Waals surface area contributed by atoms with Crippen LogP contribution in [-0.2, 0) is 4.79 Å². The number of thiazole rings is 1. The van der Waals surface area contributed by atoms with Gasteiger partial charge in [-0.3, -0.25) is 4.79 Å². The number of amides is 1. The zero-order valence-electron chi connectivity index (χ0n) is 10.5. The lowest BCUT2D eigenvalue weighted by Gasteiger charge is -2.13. The Morgan fingerprint density at radius 2 is 2.56 bits per heavy atom. The van der Waals surface area contributed by atoms with E-state index >= 15 is 0 Å². The lowest BCUT2D eigenvalue weighted by Crippen LogP contribution is -2.26. The van der Waals surface area contributed by atoms with E-state index in [0.29, 0.717) is 5.92 Å². The van der Waals surface area contributed by atoms with Gasteiger partial charge in [-0.15, -0.1) is 11.3 Å². The van der Waals surface area contributed by atoms with E-state index in [1.807, 2.05) is 17.2 Å². The van der Waals surface area contributed by atoms with Crippen LogP contribution in [0.25, 0.3) is 6.08 Å². The van der Waals surface area contributed by atoms with Crippen molar-refractivity contribution in [3.8, 4) is 0 Å². The first kappa shape index (κ1) is 13.2. The maximum Gasteiger partial charge on any atom is 0.246 e.